The molecule has 2 heterocycles. The highest BCUT2D eigenvalue weighted by atomic mass is 16.6. The van der Waals surface area contributed by atoms with Crippen LogP contribution in [0.15, 0.2) is 36.4 Å². The van der Waals surface area contributed by atoms with Crippen molar-refractivity contribution in [3.63, 3.8) is 0 Å². The lowest BCUT2D eigenvalue weighted by molar-refractivity contribution is -0.143. The van der Waals surface area contributed by atoms with E-state index in [1.54, 1.807) is 36.4 Å². The number of carbonyl (C=O) groups excluding carboxylic acids is 4. The zero-order valence-electron chi connectivity index (χ0n) is 21.0. The number of benzene rings is 2. The summed E-state index contributed by atoms with van der Waals surface area (Å²) < 4.78 is 32.0. The number of Topliss-reactive ketones (excluding diaryl/α,β-unsaturated/α-hetero) is 2. The standard InChI is InChI=1S/C28H30O10/c29-21(19-7-9-23-25(15-19)35-13-11-33-23)17-37-27(31)5-3-1-2-4-6-28(32)38-18-22(30)20-8-10-24-26(16-20)36-14-12-34-24/h7-10,15-16H,1-6,11-14,17-18H2. The van der Waals surface area contributed by atoms with E-state index in [-0.39, 0.29) is 37.6 Å². The Bertz CT molecular complexity index is 1080. The highest BCUT2D eigenvalue weighted by Crippen LogP contribution is 2.31. The lowest BCUT2D eigenvalue weighted by Gasteiger charge is -2.18. The topological polar surface area (TPSA) is 124 Å². The van der Waals surface area contributed by atoms with Gasteiger partial charge in [0.15, 0.2) is 47.8 Å². The molecule has 0 unspecified atom stereocenters. The molecule has 10 heteroatoms. The van der Waals surface area contributed by atoms with E-state index in [0.717, 1.165) is 0 Å². The lowest BCUT2D eigenvalue weighted by atomic mass is 10.1. The van der Waals surface area contributed by atoms with Crippen LogP contribution in [0.4, 0.5) is 0 Å². The molecule has 202 valence electrons. The number of esters is 2. The quantitative estimate of drug-likeness (QED) is 0.217. The summed E-state index contributed by atoms with van der Waals surface area (Å²) in [5.74, 6) is 0.641. The minimum Gasteiger partial charge on any atom is -0.486 e. The second-order valence-corrected chi connectivity index (χ2v) is 8.80. The molecule has 4 rings (SSSR count). The maximum atomic E-state index is 12.3. The normalized spacial score (nSPS) is 13.4. The summed E-state index contributed by atoms with van der Waals surface area (Å²) in [4.78, 5) is 48.5. The molecule has 0 radical (unpaired) electrons. The molecule has 38 heavy (non-hydrogen) atoms. The zero-order valence-corrected chi connectivity index (χ0v) is 21.0. The molecule has 2 aliphatic heterocycles. The van der Waals surface area contributed by atoms with Crippen molar-refractivity contribution in [1.82, 2.24) is 0 Å². The second kappa shape index (κ2) is 13.5. The van der Waals surface area contributed by atoms with Crippen LogP contribution < -0.4 is 18.9 Å². The van der Waals surface area contributed by atoms with Gasteiger partial charge in [-0.25, -0.2) is 0 Å². The molecule has 0 spiro atoms. The fraction of sp³-hybridized carbons (Fsp3) is 0.429. The first-order chi connectivity index (χ1) is 18.5. The molecule has 0 saturated heterocycles. The Balaban J connectivity index is 1.04. The van der Waals surface area contributed by atoms with Crippen LogP contribution in [0.5, 0.6) is 23.0 Å². The van der Waals surface area contributed by atoms with Crippen LogP contribution >= 0.6 is 0 Å². The van der Waals surface area contributed by atoms with Gasteiger partial charge in [-0.2, -0.15) is 0 Å². The molecule has 0 aliphatic carbocycles. The van der Waals surface area contributed by atoms with Crippen LogP contribution in [0.2, 0.25) is 0 Å². The Morgan fingerprint density at radius 1 is 0.553 bits per heavy atom. The Kier molecular flexibility index (Phi) is 9.55. The highest BCUT2D eigenvalue weighted by molar-refractivity contribution is 5.99. The van der Waals surface area contributed by atoms with Crippen molar-refractivity contribution in [3.05, 3.63) is 47.5 Å². The largest absolute Gasteiger partial charge is 0.486 e. The van der Waals surface area contributed by atoms with E-state index >= 15 is 0 Å². The Morgan fingerprint density at radius 2 is 0.947 bits per heavy atom. The van der Waals surface area contributed by atoms with Gasteiger partial charge in [0.25, 0.3) is 0 Å². The fourth-order valence-electron chi connectivity index (χ4n) is 3.93. The summed E-state index contributed by atoms with van der Waals surface area (Å²) >= 11 is 0. The van der Waals surface area contributed by atoms with Crippen molar-refractivity contribution in [2.75, 3.05) is 39.6 Å². The molecule has 0 bridgehead atoms. The van der Waals surface area contributed by atoms with Crippen molar-refractivity contribution in [2.24, 2.45) is 0 Å². The average molecular weight is 527 g/mol. The molecule has 2 aromatic carbocycles. The Labute approximate surface area is 220 Å². The van der Waals surface area contributed by atoms with E-state index in [1.807, 2.05) is 0 Å². The summed E-state index contributed by atoms with van der Waals surface area (Å²) in [6.45, 7) is 1.09. The maximum absolute atomic E-state index is 12.3. The molecular formula is C28H30O10. The minimum atomic E-state index is -0.451. The summed E-state index contributed by atoms with van der Waals surface area (Å²) in [5, 5.41) is 0. The summed E-state index contributed by atoms with van der Waals surface area (Å²) in [5.41, 5.74) is 0.781. The number of rotatable bonds is 13. The molecule has 10 nitrogen and oxygen atoms in total. The van der Waals surface area contributed by atoms with Gasteiger partial charge in [-0.3, -0.25) is 19.2 Å². The molecule has 2 aromatic rings. The van der Waals surface area contributed by atoms with E-state index in [1.165, 1.54) is 0 Å². The van der Waals surface area contributed by atoms with Crippen LogP contribution in [0.25, 0.3) is 0 Å². The van der Waals surface area contributed by atoms with Crippen molar-refractivity contribution in [1.29, 1.82) is 0 Å². The average Bonchev–Trinajstić information content (AvgIpc) is 2.95. The summed E-state index contributed by atoms with van der Waals surface area (Å²) in [6, 6.07) is 9.73. The van der Waals surface area contributed by atoms with Gasteiger partial charge < -0.3 is 28.4 Å². The minimum absolute atomic E-state index is 0.183. The van der Waals surface area contributed by atoms with Crippen molar-refractivity contribution in [3.8, 4) is 23.0 Å². The molecule has 0 saturated carbocycles. The second-order valence-electron chi connectivity index (χ2n) is 8.80. The third-order valence-electron chi connectivity index (χ3n) is 5.97. The summed E-state index contributed by atoms with van der Waals surface area (Å²) in [6.07, 6.45) is 2.96. The van der Waals surface area contributed by atoms with Gasteiger partial charge in [0.05, 0.1) is 0 Å². The maximum Gasteiger partial charge on any atom is 0.306 e. The van der Waals surface area contributed by atoms with Gasteiger partial charge in [0.1, 0.15) is 26.4 Å². The van der Waals surface area contributed by atoms with Gasteiger partial charge in [0.2, 0.25) is 0 Å². The van der Waals surface area contributed by atoms with Crippen LogP contribution in [-0.2, 0) is 19.1 Å². The van der Waals surface area contributed by atoms with Crippen molar-refractivity contribution >= 4 is 23.5 Å². The lowest BCUT2D eigenvalue weighted by Crippen LogP contribution is -2.17. The molecule has 0 N–H and O–H groups in total. The molecule has 0 aromatic heterocycles. The van der Waals surface area contributed by atoms with Gasteiger partial charge in [-0.15, -0.1) is 0 Å². The van der Waals surface area contributed by atoms with Crippen molar-refractivity contribution in [2.45, 2.75) is 38.5 Å². The molecule has 0 fully saturated rings. The van der Waals surface area contributed by atoms with Crippen LogP contribution in [0.1, 0.15) is 59.2 Å². The molecular weight excluding hydrogens is 496 g/mol. The number of hydrogen-bond acceptors (Lipinski definition) is 10. The van der Waals surface area contributed by atoms with Crippen molar-refractivity contribution < 1.29 is 47.6 Å². The number of hydrogen-bond donors (Lipinski definition) is 0. The smallest absolute Gasteiger partial charge is 0.306 e. The van der Waals surface area contributed by atoms with Gasteiger partial charge in [-0.05, 0) is 49.2 Å². The number of fused-ring (bicyclic) bond motifs is 2. The van der Waals surface area contributed by atoms with Gasteiger partial charge in [-0.1, -0.05) is 12.8 Å². The van der Waals surface area contributed by atoms with Gasteiger partial charge in [0, 0.05) is 24.0 Å². The van der Waals surface area contributed by atoms with E-state index in [2.05, 4.69) is 0 Å². The predicted molar refractivity (Wildman–Crippen MR) is 133 cm³/mol. The molecule has 0 amide bonds. The first-order valence-corrected chi connectivity index (χ1v) is 12.7. The first kappa shape index (κ1) is 27.0. The zero-order chi connectivity index (χ0) is 26.7. The number of ether oxygens (including phenoxy) is 6. The third kappa shape index (κ3) is 7.71. The number of unbranched alkanes of at least 4 members (excludes halogenated alkanes) is 3. The first-order valence-electron chi connectivity index (χ1n) is 12.7. The Morgan fingerprint density at radius 3 is 1.37 bits per heavy atom. The van der Waals surface area contributed by atoms with E-state index in [0.29, 0.717) is 86.2 Å². The van der Waals surface area contributed by atoms with Crippen LogP contribution in [0.3, 0.4) is 0 Å². The predicted octanol–water partition coefficient (Wildman–Crippen LogP) is 3.72. The van der Waals surface area contributed by atoms with Gasteiger partial charge >= 0.3 is 11.9 Å². The third-order valence-corrected chi connectivity index (χ3v) is 5.97. The molecule has 0 atom stereocenters. The van der Waals surface area contributed by atoms with E-state index in [9.17, 15) is 19.2 Å². The SMILES string of the molecule is O=C(CCCCCCC(=O)OCC(=O)c1ccc2c(c1)OCCO2)OCC(=O)c1ccc2c(c1)OCCO2. The summed E-state index contributed by atoms with van der Waals surface area (Å²) in [7, 11) is 0. The number of carbonyl (C=O) groups is 4. The van der Waals surface area contributed by atoms with Crippen LogP contribution in [0, 0.1) is 0 Å². The van der Waals surface area contributed by atoms with E-state index < -0.39 is 11.9 Å². The van der Waals surface area contributed by atoms with E-state index in [4.69, 9.17) is 28.4 Å². The Hall–Kier alpha value is -4.08. The number of ketones is 2. The fourth-order valence-corrected chi connectivity index (χ4v) is 3.93. The monoisotopic (exact) mass is 526 g/mol. The molecule has 2 aliphatic rings. The highest BCUT2D eigenvalue weighted by Gasteiger charge is 2.17. The van der Waals surface area contributed by atoms with Crippen LogP contribution in [-0.4, -0.2) is 63.1 Å².